The van der Waals surface area contributed by atoms with Crippen LogP contribution in [0.2, 0.25) is 0 Å². The van der Waals surface area contributed by atoms with Gasteiger partial charge in [0.1, 0.15) is 0 Å². The lowest BCUT2D eigenvalue weighted by Crippen LogP contribution is -2.62. The fourth-order valence-electron chi connectivity index (χ4n) is 9.97. The number of carbonyl (C=O) groups excluding carboxylic acids is 2. The van der Waals surface area contributed by atoms with E-state index in [2.05, 4.69) is 57.1 Å². The first kappa shape index (κ1) is 30.0. The van der Waals surface area contributed by atoms with Gasteiger partial charge in [-0.15, -0.1) is 0 Å². The van der Waals surface area contributed by atoms with Gasteiger partial charge in [-0.1, -0.05) is 52.3 Å². The van der Waals surface area contributed by atoms with Gasteiger partial charge >= 0.3 is 0 Å². The van der Waals surface area contributed by atoms with E-state index in [0.29, 0.717) is 18.0 Å². The van der Waals surface area contributed by atoms with Crippen LogP contribution < -0.4 is 5.32 Å². The predicted octanol–water partition coefficient (Wildman–Crippen LogP) is 7.64. The Balaban J connectivity index is 1.32. The summed E-state index contributed by atoms with van der Waals surface area (Å²) in [6, 6.07) is 0. The number of allylic oxidation sites excluding steroid dienone is 7. The van der Waals surface area contributed by atoms with E-state index in [1.165, 1.54) is 5.57 Å². The zero-order valence-electron chi connectivity index (χ0n) is 27.6. The van der Waals surface area contributed by atoms with E-state index in [4.69, 9.17) is 4.98 Å². The number of aliphatic hydroxyl groups is 1. The second-order valence-electron chi connectivity index (χ2n) is 15.7. The second-order valence-corrected chi connectivity index (χ2v) is 15.7. The normalized spacial score (nSPS) is 38.6. The van der Waals surface area contributed by atoms with Gasteiger partial charge in [0, 0.05) is 16.4 Å². The molecule has 6 nitrogen and oxygen atoms in total. The van der Waals surface area contributed by atoms with Gasteiger partial charge in [0.05, 0.1) is 29.3 Å². The van der Waals surface area contributed by atoms with Crippen LogP contribution in [0, 0.1) is 53.8 Å². The summed E-state index contributed by atoms with van der Waals surface area (Å²) in [6.07, 6.45) is 13.2. The third-order valence-electron chi connectivity index (χ3n) is 13.4. The van der Waals surface area contributed by atoms with Gasteiger partial charge in [-0.3, -0.25) is 19.6 Å². The number of aryl methyl sites for hydroxylation is 3. The number of nitrogens with one attached hydrogen (secondary N) is 1. The van der Waals surface area contributed by atoms with Crippen molar-refractivity contribution in [2.75, 3.05) is 0 Å². The Kier molecular flexibility index (Phi) is 6.63. The van der Waals surface area contributed by atoms with Crippen LogP contribution in [0.4, 0.5) is 0 Å². The number of aromatic nitrogens is 2. The summed E-state index contributed by atoms with van der Waals surface area (Å²) >= 11 is 0. The molecule has 0 saturated heterocycles. The van der Waals surface area contributed by atoms with Crippen LogP contribution in [0.15, 0.2) is 46.3 Å². The molecule has 0 unspecified atom stereocenters. The average molecular weight is 584 g/mol. The maximum atomic E-state index is 14.0. The fourth-order valence-corrected chi connectivity index (χ4v) is 9.97. The summed E-state index contributed by atoms with van der Waals surface area (Å²) in [5.41, 5.74) is 7.19. The maximum absolute atomic E-state index is 14.0. The lowest BCUT2D eigenvalue weighted by atomic mass is 9.34. The first-order valence-electron chi connectivity index (χ1n) is 16.2. The number of amides is 1. The summed E-state index contributed by atoms with van der Waals surface area (Å²) in [5.74, 6) is 0.117. The first-order valence-corrected chi connectivity index (χ1v) is 16.2. The number of fused-ring (bicyclic) bond motifs is 7. The Morgan fingerprint density at radius 1 is 0.907 bits per heavy atom. The minimum atomic E-state index is -0.445. The number of aliphatic hydroxyl groups excluding tert-OH is 1. The van der Waals surface area contributed by atoms with Crippen LogP contribution in [-0.2, 0) is 16.1 Å². The van der Waals surface area contributed by atoms with Gasteiger partial charge in [0.15, 0.2) is 5.76 Å². The number of rotatable bonds is 3. The first-order chi connectivity index (χ1) is 20.0. The molecule has 0 spiro atoms. The lowest BCUT2D eigenvalue weighted by Gasteiger charge is -2.70. The molecule has 43 heavy (non-hydrogen) atoms. The standard InChI is InChI=1S/C37H49N3O3/c1-21-25-10-11-29-35(7,26(25)18-28(41)31(21)42)15-17-37(9)30-19-34(6,13-12-33(30,5)14-16-36(29,37)8)32(43)38-20-27-24(4)39-22(2)23(3)40-27/h10-11,18,30,42H,12-17,19-20H2,1-9H3,(H,38,43)/t30-,33-,34-,35+,36-,37+/m1/s1. The Morgan fingerprint density at radius 2 is 1.58 bits per heavy atom. The molecule has 0 aromatic carbocycles. The molecule has 5 aliphatic rings. The van der Waals surface area contributed by atoms with Gasteiger partial charge in [0.25, 0.3) is 0 Å². The molecule has 6 rings (SSSR count). The molecule has 1 aromatic heterocycles. The van der Waals surface area contributed by atoms with Crippen molar-refractivity contribution in [1.29, 1.82) is 0 Å². The molecule has 2 N–H and O–H groups in total. The van der Waals surface area contributed by atoms with Gasteiger partial charge in [0.2, 0.25) is 11.7 Å². The molecule has 6 heteroatoms. The quantitative estimate of drug-likeness (QED) is 0.381. The van der Waals surface area contributed by atoms with Gasteiger partial charge in [-0.05, 0) is 112 Å². The molecular formula is C37H49N3O3. The third-order valence-corrected chi connectivity index (χ3v) is 13.4. The van der Waals surface area contributed by atoms with Crippen molar-refractivity contribution < 1.29 is 14.7 Å². The number of ketones is 1. The van der Waals surface area contributed by atoms with Crippen molar-refractivity contribution in [2.24, 2.45) is 33.0 Å². The highest BCUT2D eigenvalue weighted by Gasteiger charge is 2.67. The van der Waals surface area contributed by atoms with Crippen LogP contribution in [0.1, 0.15) is 109 Å². The van der Waals surface area contributed by atoms with Crippen molar-refractivity contribution in [3.05, 3.63) is 69.1 Å². The van der Waals surface area contributed by atoms with E-state index >= 15 is 0 Å². The molecule has 3 fully saturated rings. The molecular weight excluding hydrogens is 534 g/mol. The van der Waals surface area contributed by atoms with Gasteiger partial charge in [-0.25, -0.2) is 0 Å². The molecule has 1 aromatic rings. The van der Waals surface area contributed by atoms with Crippen molar-refractivity contribution in [3.63, 3.8) is 0 Å². The number of hydrogen-bond donors (Lipinski definition) is 2. The summed E-state index contributed by atoms with van der Waals surface area (Å²) in [7, 11) is 0. The number of hydrogen-bond acceptors (Lipinski definition) is 5. The minimum Gasteiger partial charge on any atom is -0.504 e. The van der Waals surface area contributed by atoms with Crippen LogP contribution in [0.5, 0.6) is 0 Å². The molecule has 230 valence electrons. The number of carbonyl (C=O) groups is 2. The van der Waals surface area contributed by atoms with Crippen molar-refractivity contribution >= 4 is 11.7 Å². The van der Waals surface area contributed by atoms with Gasteiger partial charge < -0.3 is 10.4 Å². The van der Waals surface area contributed by atoms with Crippen LogP contribution in [-0.4, -0.2) is 26.8 Å². The Hall–Kier alpha value is -3.02. The summed E-state index contributed by atoms with van der Waals surface area (Å²) < 4.78 is 0. The van der Waals surface area contributed by atoms with Crippen LogP contribution in [0.3, 0.4) is 0 Å². The Labute approximate surface area is 257 Å². The van der Waals surface area contributed by atoms with E-state index in [-0.39, 0.29) is 39.1 Å². The molecule has 0 radical (unpaired) electrons. The molecule has 5 aliphatic carbocycles. The fraction of sp³-hybridized carbons (Fsp3) is 0.622. The molecule has 0 aliphatic heterocycles. The second kappa shape index (κ2) is 9.49. The molecule has 0 bridgehead atoms. The lowest BCUT2D eigenvalue weighted by molar-refractivity contribution is -0.169. The van der Waals surface area contributed by atoms with Crippen LogP contribution in [0.25, 0.3) is 0 Å². The molecule has 3 saturated carbocycles. The average Bonchev–Trinajstić information content (AvgIpc) is 2.95. The Morgan fingerprint density at radius 3 is 2.30 bits per heavy atom. The van der Waals surface area contributed by atoms with Crippen molar-refractivity contribution in [1.82, 2.24) is 15.3 Å². The SMILES string of the molecule is CC1=C(O)C(=O)C=C2C1=CC=C1[C@@]2(C)CC[C@@]2(C)[C@@H]3C[C@](C)(C(=O)NCc4nc(C)c(C)nc4C)CC[C@]3(C)CC[C@]12C. The summed E-state index contributed by atoms with van der Waals surface area (Å²) in [6.45, 7) is 20.1. The minimum absolute atomic E-state index is 0.0149. The van der Waals surface area contributed by atoms with E-state index in [1.807, 2.05) is 27.7 Å². The monoisotopic (exact) mass is 583 g/mol. The zero-order chi connectivity index (χ0) is 31.3. The zero-order valence-corrected chi connectivity index (χ0v) is 27.6. The summed E-state index contributed by atoms with van der Waals surface area (Å²) in [4.78, 5) is 36.1. The van der Waals surface area contributed by atoms with Crippen molar-refractivity contribution in [2.45, 2.75) is 114 Å². The molecule has 1 amide bonds. The van der Waals surface area contributed by atoms with E-state index < -0.39 is 5.41 Å². The largest absolute Gasteiger partial charge is 0.504 e. The summed E-state index contributed by atoms with van der Waals surface area (Å²) in [5, 5.41) is 13.7. The predicted molar refractivity (Wildman–Crippen MR) is 169 cm³/mol. The number of nitrogens with zero attached hydrogens (tertiary/aromatic N) is 2. The van der Waals surface area contributed by atoms with Crippen molar-refractivity contribution in [3.8, 4) is 0 Å². The van der Waals surface area contributed by atoms with E-state index in [9.17, 15) is 14.7 Å². The molecule has 1 heterocycles. The van der Waals surface area contributed by atoms with E-state index in [1.54, 1.807) is 6.08 Å². The highest BCUT2D eigenvalue weighted by molar-refractivity contribution is 6.06. The van der Waals surface area contributed by atoms with Gasteiger partial charge in [-0.2, -0.15) is 0 Å². The maximum Gasteiger partial charge on any atom is 0.226 e. The molecule has 6 atom stereocenters. The topological polar surface area (TPSA) is 92.2 Å². The van der Waals surface area contributed by atoms with E-state index in [0.717, 1.165) is 78.9 Å². The van der Waals surface area contributed by atoms with Crippen LogP contribution >= 0.6 is 0 Å². The highest BCUT2D eigenvalue weighted by atomic mass is 16.3. The smallest absolute Gasteiger partial charge is 0.226 e. The highest BCUT2D eigenvalue weighted by Crippen LogP contribution is 2.75. The Bertz CT molecular complexity index is 1580. The third kappa shape index (κ3) is 4.10.